The lowest BCUT2D eigenvalue weighted by molar-refractivity contribution is -0.132. The number of likely N-dealkylation sites (tertiary alicyclic amines) is 1. The molecule has 0 aromatic heterocycles. The second-order valence-electron chi connectivity index (χ2n) is 8.37. The molecule has 0 bridgehead atoms. The molecule has 0 saturated carbocycles. The van der Waals surface area contributed by atoms with Gasteiger partial charge >= 0.3 is 6.09 Å². The molecule has 7 nitrogen and oxygen atoms in total. The van der Waals surface area contributed by atoms with Crippen molar-refractivity contribution in [2.75, 3.05) is 19.6 Å². The number of amides is 2. The van der Waals surface area contributed by atoms with E-state index >= 15 is 0 Å². The van der Waals surface area contributed by atoms with Gasteiger partial charge in [0, 0.05) is 13.1 Å². The molecule has 1 saturated heterocycles. The van der Waals surface area contributed by atoms with Gasteiger partial charge in [-0.2, -0.15) is 5.26 Å². The molecular formula is C23H34N4O3. The van der Waals surface area contributed by atoms with Gasteiger partial charge in [0.15, 0.2) is 6.10 Å². The summed E-state index contributed by atoms with van der Waals surface area (Å²) in [5.41, 5.74) is -0.0104. The summed E-state index contributed by atoms with van der Waals surface area (Å²) in [6.07, 6.45) is 1.29. The second kappa shape index (κ2) is 11.6. The maximum Gasteiger partial charge on any atom is 0.408 e. The zero-order valence-corrected chi connectivity index (χ0v) is 18.3. The molecule has 0 spiro atoms. The van der Waals surface area contributed by atoms with Gasteiger partial charge in [-0.25, -0.2) is 4.79 Å². The molecule has 30 heavy (non-hydrogen) atoms. The van der Waals surface area contributed by atoms with Gasteiger partial charge in [0.25, 0.3) is 5.91 Å². The molecular weight excluding hydrogens is 380 g/mol. The Morgan fingerprint density at radius 1 is 1.27 bits per heavy atom. The number of rotatable bonds is 8. The maximum absolute atomic E-state index is 13.0. The molecule has 7 heteroatoms. The standard InChI is InChI=1S/C23H34N4O3/c1-4-27-13-9-8-12-23(16-24,17-27)26-21(28)20(14-18(2)3)30-22(29)25-15-19-10-6-5-7-11-19/h5-7,10-11,18,20H,4,8-9,12-15,17H2,1-3H3,(H,25,29)(H,26,28)/t20-,23?/m0/s1. The Labute approximate surface area is 179 Å². The van der Waals surface area contributed by atoms with E-state index < -0.39 is 23.6 Å². The molecule has 0 aliphatic carbocycles. The highest BCUT2D eigenvalue weighted by Crippen LogP contribution is 2.21. The van der Waals surface area contributed by atoms with Crippen molar-refractivity contribution in [2.24, 2.45) is 5.92 Å². The molecule has 1 fully saturated rings. The van der Waals surface area contributed by atoms with E-state index in [1.165, 1.54) is 0 Å². The van der Waals surface area contributed by atoms with Crippen LogP contribution in [-0.2, 0) is 16.1 Å². The largest absolute Gasteiger partial charge is 0.436 e. The van der Waals surface area contributed by atoms with Crippen LogP contribution in [0.3, 0.4) is 0 Å². The number of hydrogen-bond donors (Lipinski definition) is 2. The number of nitriles is 1. The molecule has 2 atom stereocenters. The van der Waals surface area contributed by atoms with Gasteiger partial charge in [-0.15, -0.1) is 0 Å². The number of alkyl carbamates (subject to hydrolysis) is 1. The van der Waals surface area contributed by atoms with E-state index in [-0.39, 0.29) is 5.92 Å². The van der Waals surface area contributed by atoms with Crippen LogP contribution in [0, 0.1) is 17.2 Å². The Kier molecular flexibility index (Phi) is 9.13. The number of ether oxygens (including phenoxy) is 1. The Morgan fingerprint density at radius 2 is 2.00 bits per heavy atom. The first kappa shape index (κ1) is 23.7. The highest BCUT2D eigenvalue weighted by Gasteiger charge is 2.38. The van der Waals surface area contributed by atoms with Crippen LogP contribution in [0.5, 0.6) is 0 Å². The van der Waals surface area contributed by atoms with Gasteiger partial charge in [-0.05, 0) is 50.3 Å². The third-order valence-corrected chi connectivity index (χ3v) is 5.35. The molecule has 164 valence electrons. The van der Waals surface area contributed by atoms with Gasteiger partial charge < -0.3 is 20.3 Å². The third-order valence-electron chi connectivity index (χ3n) is 5.35. The molecule has 2 rings (SSSR count). The Hall–Kier alpha value is -2.59. The molecule has 2 N–H and O–H groups in total. The SMILES string of the molecule is CCN1CCCCC(C#N)(NC(=O)[C@H](CC(C)C)OC(=O)NCc2ccccc2)C1. The van der Waals surface area contributed by atoms with Crippen molar-refractivity contribution >= 4 is 12.0 Å². The van der Waals surface area contributed by atoms with Crippen LogP contribution in [0.4, 0.5) is 4.79 Å². The first-order valence-electron chi connectivity index (χ1n) is 10.8. The number of carbonyl (C=O) groups is 2. The van der Waals surface area contributed by atoms with Gasteiger partial charge in [-0.1, -0.05) is 51.1 Å². The van der Waals surface area contributed by atoms with Crippen LogP contribution in [0.1, 0.15) is 52.0 Å². The van der Waals surface area contributed by atoms with E-state index in [9.17, 15) is 14.9 Å². The zero-order valence-electron chi connectivity index (χ0n) is 18.3. The van der Waals surface area contributed by atoms with Crippen LogP contribution in [-0.4, -0.2) is 48.2 Å². The van der Waals surface area contributed by atoms with E-state index in [0.29, 0.717) is 25.9 Å². The minimum atomic E-state index is -0.956. The first-order valence-corrected chi connectivity index (χ1v) is 10.8. The number of likely N-dealkylation sites (N-methyl/N-ethyl adjacent to an activating group) is 1. The van der Waals surface area contributed by atoms with E-state index in [1.54, 1.807) is 0 Å². The summed E-state index contributed by atoms with van der Waals surface area (Å²) < 4.78 is 5.48. The fraction of sp³-hybridized carbons (Fsp3) is 0.609. The van der Waals surface area contributed by atoms with Crippen molar-refractivity contribution in [2.45, 2.75) is 64.6 Å². The smallest absolute Gasteiger partial charge is 0.408 e. The summed E-state index contributed by atoms with van der Waals surface area (Å²) in [6, 6.07) is 11.8. The van der Waals surface area contributed by atoms with Crippen LogP contribution < -0.4 is 10.6 Å². The Balaban J connectivity index is 2.02. The normalized spacial score (nSPS) is 20.6. The van der Waals surface area contributed by atoms with Crippen molar-refractivity contribution in [3.63, 3.8) is 0 Å². The Bertz CT molecular complexity index is 732. The first-order chi connectivity index (χ1) is 14.4. The quantitative estimate of drug-likeness (QED) is 0.681. The number of carbonyl (C=O) groups excluding carboxylic acids is 2. The molecule has 1 aromatic carbocycles. The lowest BCUT2D eigenvalue weighted by Gasteiger charge is -2.32. The van der Waals surface area contributed by atoms with E-state index in [2.05, 4.69) is 28.5 Å². The fourth-order valence-electron chi connectivity index (χ4n) is 3.69. The summed E-state index contributed by atoms with van der Waals surface area (Å²) in [7, 11) is 0. The minimum Gasteiger partial charge on any atom is -0.436 e. The van der Waals surface area contributed by atoms with E-state index in [0.717, 1.165) is 31.5 Å². The monoisotopic (exact) mass is 414 g/mol. The lowest BCUT2D eigenvalue weighted by Crippen LogP contribution is -2.57. The van der Waals surface area contributed by atoms with Crippen molar-refractivity contribution in [3.05, 3.63) is 35.9 Å². The van der Waals surface area contributed by atoms with Gasteiger partial charge in [0.05, 0.1) is 6.07 Å². The molecule has 1 heterocycles. The van der Waals surface area contributed by atoms with Crippen molar-refractivity contribution in [1.29, 1.82) is 5.26 Å². The fourth-order valence-corrected chi connectivity index (χ4v) is 3.69. The molecule has 0 radical (unpaired) electrons. The van der Waals surface area contributed by atoms with E-state index in [4.69, 9.17) is 4.74 Å². The Morgan fingerprint density at radius 3 is 2.63 bits per heavy atom. The van der Waals surface area contributed by atoms with E-state index in [1.807, 2.05) is 44.2 Å². The average Bonchev–Trinajstić information content (AvgIpc) is 2.95. The lowest BCUT2D eigenvalue weighted by atomic mass is 9.94. The molecule has 1 unspecified atom stereocenters. The van der Waals surface area contributed by atoms with Crippen LogP contribution >= 0.6 is 0 Å². The molecule has 2 amide bonds. The summed E-state index contributed by atoms with van der Waals surface area (Å²) in [4.78, 5) is 27.5. The van der Waals surface area contributed by atoms with Crippen molar-refractivity contribution < 1.29 is 14.3 Å². The van der Waals surface area contributed by atoms with Crippen molar-refractivity contribution in [1.82, 2.24) is 15.5 Å². The number of nitrogens with zero attached hydrogens (tertiary/aromatic N) is 2. The summed E-state index contributed by atoms with van der Waals surface area (Å²) in [6.45, 7) is 8.55. The predicted molar refractivity (Wildman–Crippen MR) is 115 cm³/mol. The topological polar surface area (TPSA) is 94.5 Å². The zero-order chi connectivity index (χ0) is 22.0. The predicted octanol–water partition coefficient (Wildman–Crippen LogP) is 3.21. The summed E-state index contributed by atoms with van der Waals surface area (Å²) in [5, 5.41) is 15.5. The third kappa shape index (κ3) is 7.34. The van der Waals surface area contributed by atoms with Crippen LogP contribution in [0.15, 0.2) is 30.3 Å². The minimum absolute atomic E-state index is 0.155. The van der Waals surface area contributed by atoms with Crippen molar-refractivity contribution in [3.8, 4) is 6.07 Å². The van der Waals surface area contributed by atoms with Gasteiger partial charge in [0.1, 0.15) is 5.54 Å². The summed E-state index contributed by atoms with van der Waals surface area (Å²) in [5.74, 6) is -0.250. The van der Waals surface area contributed by atoms with Crippen LogP contribution in [0.25, 0.3) is 0 Å². The van der Waals surface area contributed by atoms with Crippen LogP contribution in [0.2, 0.25) is 0 Å². The molecule has 1 aromatic rings. The highest BCUT2D eigenvalue weighted by atomic mass is 16.6. The highest BCUT2D eigenvalue weighted by molar-refractivity contribution is 5.84. The van der Waals surface area contributed by atoms with Gasteiger partial charge in [-0.3, -0.25) is 4.79 Å². The molecule has 1 aliphatic heterocycles. The number of benzene rings is 1. The summed E-state index contributed by atoms with van der Waals surface area (Å²) >= 11 is 0. The molecule has 1 aliphatic rings. The average molecular weight is 415 g/mol. The van der Waals surface area contributed by atoms with Gasteiger partial charge in [0.2, 0.25) is 0 Å². The number of nitrogens with one attached hydrogen (secondary N) is 2. The maximum atomic E-state index is 13.0. The second-order valence-corrected chi connectivity index (χ2v) is 8.37. The number of hydrogen-bond acceptors (Lipinski definition) is 5.